The summed E-state index contributed by atoms with van der Waals surface area (Å²) < 4.78 is 13.5. The van der Waals surface area contributed by atoms with Gasteiger partial charge in [0, 0.05) is 6.04 Å². The Bertz CT molecular complexity index is 328. The van der Waals surface area contributed by atoms with Crippen LogP contribution in [0.3, 0.4) is 0 Å². The summed E-state index contributed by atoms with van der Waals surface area (Å²) in [5, 5.41) is 3.33. The molecule has 1 aliphatic carbocycles. The first-order valence-electron chi connectivity index (χ1n) is 5.68. The fraction of sp³-hybridized carbons (Fsp3) is 0.538. The van der Waals surface area contributed by atoms with E-state index in [4.69, 9.17) is 0 Å². The first kappa shape index (κ1) is 10.5. The monoisotopic (exact) mass is 207 g/mol. The van der Waals surface area contributed by atoms with Crippen LogP contribution < -0.4 is 5.32 Å². The Hall–Kier alpha value is -1.05. The predicted octanol–water partition coefficient (Wildman–Crippen LogP) is 3.73. The molecule has 1 aromatic rings. The standard InChI is InChI=1S/C13H18FN/c1-9-6-7-11(8-9)15-13-10(2)4-3-5-12(13)14/h3-5,9,11,15H,6-8H2,1-2H3. The molecule has 2 atom stereocenters. The van der Waals surface area contributed by atoms with E-state index in [1.54, 1.807) is 6.07 Å². The molecular formula is C13H18FN. The quantitative estimate of drug-likeness (QED) is 0.779. The number of hydrogen-bond donors (Lipinski definition) is 1. The molecule has 2 unspecified atom stereocenters. The van der Waals surface area contributed by atoms with E-state index in [0.29, 0.717) is 11.7 Å². The summed E-state index contributed by atoms with van der Waals surface area (Å²) in [4.78, 5) is 0. The molecule has 2 heteroatoms. The molecule has 0 amide bonds. The molecule has 1 saturated carbocycles. The van der Waals surface area contributed by atoms with Gasteiger partial charge >= 0.3 is 0 Å². The highest BCUT2D eigenvalue weighted by atomic mass is 19.1. The summed E-state index contributed by atoms with van der Waals surface area (Å²) in [6, 6.07) is 5.68. The smallest absolute Gasteiger partial charge is 0.146 e. The van der Waals surface area contributed by atoms with E-state index in [1.807, 2.05) is 13.0 Å². The molecule has 0 aliphatic heterocycles. The number of para-hydroxylation sites is 1. The van der Waals surface area contributed by atoms with E-state index in [9.17, 15) is 4.39 Å². The number of benzene rings is 1. The molecule has 1 nitrogen and oxygen atoms in total. The van der Waals surface area contributed by atoms with Crippen LogP contribution in [-0.2, 0) is 0 Å². The van der Waals surface area contributed by atoms with Crippen LogP contribution in [0, 0.1) is 18.7 Å². The SMILES string of the molecule is Cc1cccc(F)c1NC1CCC(C)C1. The van der Waals surface area contributed by atoms with Crippen LogP contribution >= 0.6 is 0 Å². The number of anilines is 1. The molecule has 0 heterocycles. The highest BCUT2D eigenvalue weighted by molar-refractivity contribution is 5.52. The Balaban J connectivity index is 2.10. The minimum absolute atomic E-state index is 0.130. The third-order valence-electron chi connectivity index (χ3n) is 3.27. The molecule has 0 aromatic heterocycles. The molecule has 82 valence electrons. The lowest BCUT2D eigenvalue weighted by atomic mass is 10.1. The van der Waals surface area contributed by atoms with Gasteiger partial charge in [0.25, 0.3) is 0 Å². The molecule has 0 bridgehead atoms. The van der Waals surface area contributed by atoms with Gasteiger partial charge in [0.1, 0.15) is 5.82 Å². The molecule has 0 spiro atoms. The van der Waals surface area contributed by atoms with Crippen molar-refractivity contribution in [3.63, 3.8) is 0 Å². The van der Waals surface area contributed by atoms with Crippen molar-refractivity contribution >= 4 is 5.69 Å². The van der Waals surface area contributed by atoms with Gasteiger partial charge in [0.05, 0.1) is 5.69 Å². The molecule has 1 fully saturated rings. The summed E-state index contributed by atoms with van der Waals surface area (Å²) in [6.45, 7) is 4.21. The van der Waals surface area contributed by atoms with E-state index in [2.05, 4.69) is 12.2 Å². The Labute approximate surface area is 90.7 Å². The summed E-state index contributed by atoms with van der Waals surface area (Å²) in [5.41, 5.74) is 1.69. The van der Waals surface area contributed by atoms with Crippen LogP contribution in [0.4, 0.5) is 10.1 Å². The lowest BCUT2D eigenvalue weighted by molar-refractivity contribution is 0.597. The van der Waals surface area contributed by atoms with Crippen LogP contribution in [0.15, 0.2) is 18.2 Å². The van der Waals surface area contributed by atoms with Crippen LogP contribution in [0.2, 0.25) is 0 Å². The largest absolute Gasteiger partial charge is 0.380 e. The highest BCUT2D eigenvalue weighted by Crippen LogP contribution is 2.29. The van der Waals surface area contributed by atoms with Gasteiger partial charge < -0.3 is 5.32 Å². The molecule has 1 aliphatic rings. The Morgan fingerprint density at radius 2 is 2.13 bits per heavy atom. The molecule has 2 rings (SSSR count). The Kier molecular flexibility index (Phi) is 2.94. The van der Waals surface area contributed by atoms with Crippen LogP contribution in [0.5, 0.6) is 0 Å². The molecule has 15 heavy (non-hydrogen) atoms. The maximum absolute atomic E-state index is 13.5. The maximum atomic E-state index is 13.5. The Morgan fingerprint density at radius 1 is 1.33 bits per heavy atom. The van der Waals surface area contributed by atoms with E-state index >= 15 is 0 Å². The number of nitrogens with one attached hydrogen (secondary N) is 1. The lowest BCUT2D eigenvalue weighted by Crippen LogP contribution is -2.17. The van der Waals surface area contributed by atoms with E-state index < -0.39 is 0 Å². The van der Waals surface area contributed by atoms with E-state index in [0.717, 1.165) is 24.3 Å². The van der Waals surface area contributed by atoms with Gasteiger partial charge in [0.2, 0.25) is 0 Å². The number of halogens is 1. The maximum Gasteiger partial charge on any atom is 0.146 e. The number of rotatable bonds is 2. The van der Waals surface area contributed by atoms with Crippen LogP contribution in [0.1, 0.15) is 31.7 Å². The van der Waals surface area contributed by atoms with Crippen molar-refractivity contribution in [3.05, 3.63) is 29.6 Å². The predicted molar refractivity (Wildman–Crippen MR) is 61.6 cm³/mol. The van der Waals surface area contributed by atoms with Crippen molar-refractivity contribution in [2.24, 2.45) is 5.92 Å². The van der Waals surface area contributed by atoms with Crippen molar-refractivity contribution in [3.8, 4) is 0 Å². The van der Waals surface area contributed by atoms with Gasteiger partial charge in [-0.2, -0.15) is 0 Å². The summed E-state index contributed by atoms with van der Waals surface area (Å²) >= 11 is 0. The minimum Gasteiger partial charge on any atom is -0.380 e. The topological polar surface area (TPSA) is 12.0 Å². The third-order valence-corrected chi connectivity index (χ3v) is 3.27. The van der Waals surface area contributed by atoms with Crippen LogP contribution in [-0.4, -0.2) is 6.04 Å². The van der Waals surface area contributed by atoms with Gasteiger partial charge in [0.15, 0.2) is 0 Å². The fourth-order valence-electron chi connectivity index (χ4n) is 2.36. The second kappa shape index (κ2) is 4.21. The van der Waals surface area contributed by atoms with Gasteiger partial charge in [-0.3, -0.25) is 0 Å². The highest BCUT2D eigenvalue weighted by Gasteiger charge is 2.22. The zero-order valence-electron chi connectivity index (χ0n) is 9.39. The van der Waals surface area contributed by atoms with Gasteiger partial charge in [-0.05, 0) is 43.7 Å². The molecule has 1 N–H and O–H groups in total. The lowest BCUT2D eigenvalue weighted by Gasteiger charge is -2.16. The Morgan fingerprint density at radius 3 is 2.73 bits per heavy atom. The molecule has 1 aromatic carbocycles. The minimum atomic E-state index is -0.130. The van der Waals surface area contributed by atoms with E-state index in [1.165, 1.54) is 12.5 Å². The van der Waals surface area contributed by atoms with Crippen molar-refractivity contribution < 1.29 is 4.39 Å². The second-order valence-corrected chi connectivity index (χ2v) is 4.69. The summed E-state index contributed by atoms with van der Waals surface area (Å²) in [6.07, 6.45) is 3.58. The van der Waals surface area contributed by atoms with Gasteiger partial charge in [-0.25, -0.2) is 4.39 Å². The van der Waals surface area contributed by atoms with Crippen molar-refractivity contribution in [2.75, 3.05) is 5.32 Å². The molecule has 0 saturated heterocycles. The average Bonchev–Trinajstić information content (AvgIpc) is 2.58. The normalized spacial score (nSPS) is 25.5. The molecule has 0 radical (unpaired) electrons. The van der Waals surface area contributed by atoms with Crippen molar-refractivity contribution in [2.45, 2.75) is 39.2 Å². The fourth-order valence-corrected chi connectivity index (χ4v) is 2.36. The van der Waals surface area contributed by atoms with Crippen molar-refractivity contribution in [1.82, 2.24) is 0 Å². The van der Waals surface area contributed by atoms with Crippen LogP contribution in [0.25, 0.3) is 0 Å². The summed E-state index contributed by atoms with van der Waals surface area (Å²) in [7, 11) is 0. The third kappa shape index (κ3) is 2.31. The zero-order valence-corrected chi connectivity index (χ0v) is 9.39. The number of hydrogen-bond acceptors (Lipinski definition) is 1. The zero-order chi connectivity index (χ0) is 10.8. The number of aryl methyl sites for hydroxylation is 1. The molecular weight excluding hydrogens is 189 g/mol. The average molecular weight is 207 g/mol. The summed E-state index contributed by atoms with van der Waals surface area (Å²) in [5.74, 6) is 0.643. The second-order valence-electron chi connectivity index (χ2n) is 4.69. The van der Waals surface area contributed by atoms with Gasteiger partial charge in [-0.1, -0.05) is 19.1 Å². The van der Waals surface area contributed by atoms with E-state index in [-0.39, 0.29) is 5.82 Å². The van der Waals surface area contributed by atoms with Gasteiger partial charge in [-0.15, -0.1) is 0 Å². The van der Waals surface area contributed by atoms with Crippen molar-refractivity contribution in [1.29, 1.82) is 0 Å². The first-order valence-corrected chi connectivity index (χ1v) is 5.68. The first-order chi connectivity index (χ1) is 7.16.